The van der Waals surface area contributed by atoms with Gasteiger partial charge < -0.3 is 0 Å². The third-order valence-electron chi connectivity index (χ3n) is 8.39. The van der Waals surface area contributed by atoms with Crippen molar-refractivity contribution in [2.45, 2.75) is 122 Å². The van der Waals surface area contributed by atoms with E-state index in [-0.39, 0.29) is 5.82 Å². The Kier molecular flexibility index (Phi) is 10.7. The van der Waals surface area contributed by atoms with Crippen LogP contribution in [-0.4, -0.2) is 0 Å². The fourth-order valence-electron chi connectivity index (χ4n) is 6.15. The van der Waals surface area contributed by atoms with E-state index in [1.807, 2.05) is 12.1 Å². The Morgan fingerprint density at radius 2 is 1.07 bits per heavy atom. The predicted octanol–water partition coefficient (Wildman–Crippen LogP) is 9.51. The summed E-state index contributed by atoms with van der Waals surface area (Å²) >= 11 is 0. The van der Waals surface area contributed by atoms with Gasteiger partial charge in [-0.2, -0.15) is 0 Å². The lowest BCUT2D eigenvalue weighted by Gasteiger charge is -2.32. The molecular weight excluding hydrogens is 367 g/mol. The Morgan fingerprint density at radius 1 is 0.600 bits per heavy atom. The Balaban J connectivity index is 1.21. The summed E-state index contributed by atoms with van der Waals surface area (Å²) in [5.74, 6) is 3.88. The number of aryl methyl sites for hydroxylation is 1. The molecule has 2 fully saturated rings. The molecule has 1 aromatic rings. The van der Waals surface area contributed by atoms with Crippen LogP contribution in [0, 0.1) is 29.5 Å². The van der Waals surface area contributed by atoms with Gasteiger partial charge in [0.1, 0.15) is 5.82 Å². The van der Waals surface area contributed by atoms with Gasteiger partial charge in [-0.15, -0.1) is 0 Å². The van der Waals surface area contributed by atoms with Crippen LogP contribution in [-0.2, 0) is 6.42 Å². The van der Waals surface area contributed by atoms with E-state index in [0.29, 0.717) is 0 Å². The number of hydrogen-bond donors (Lipinski definition) is 0. The Bertz CT molecular complexity index is 546. The molecule has 0 aliphatic heterocycles. The third kappa shape index (κ3) is 8.72. The molecule has 3 rings (SSSR count). The van der Waals surface area contributed by atoms with Crippen LogP contribution in [0.2, 0.25) is 0 Å². The maximum atomic E-state index is 13.0. The van der Waals surface area contributed by atoms with Crippen molar-refractivity contribution < 1.29 is 4.39 Å². The van der Waals surface area contributed by atoms with Crippen molar-refractivity contribution in [2.75, 3.05) is 0 Å². The van der Waals surface area contributed by atoms with Crippen molar-refractivity contribution in [1.29, 1.82) is 0 Å². The van der Waals surface area contributed by atoms with Gasteiger partial charge in [0.25, 0.3) is 0 Å². The molecule has 0 unspecified atom stereocenters. The van der Waals surface area contributed by atoms with Crippen LogP contribution in [0.25, 0.3) is 0 Å². The summed E-state index contributed by atoms with van der Waals surface area (Å²) in [6.07, 6.45) is 26.0. The lowest BCUT2D eigenvalue weighted by atomic mass is 9.74. The minimum absolute atomic E-state index is 0.116. The van der Waals surface area contributed by atoms with E-state index < -0.39 is 0 Å². The van der Waals surface area contributed by atoms with E-state index in [1.165, 1.54) is 115 Å². The minimum atomic E-state index is -0.116. The van der Waals surface area contributed by atoms with Crippen molar-refractivity contribution in [3.05, 3.63) is 35.6 Å². The molecule has 2 saturated carbocycles. The van der Waals surface area contributed by atoms with Crippen molar-refractivity contribution in [2.24, 2.45) is 23.7 Å². The zero-order chi connectivity index (χ0) is 21.0. The van der Waals surface area contributed by atoms with Crippen molar-refractivity contribution in [3.63, 3.8) is 0 Å². The monoisotopic (exact) mass is 414 g/mol. The average Bonchev–Trinajstić information content (AvgIpc) is 2.79. The molecule has 2 aliphatic rings. The van der Waals surface area contributed by atoms with Gasteiger partial charge in [0.05, 0.1) is 0 Å². The molecule has 0 heterocycles. The van der Waals surface area contributed by atoms with E-state index in [1.54, 1.807) is 12.1 Å². The highest BCUT2D eigenvalue weighted by Gasteiger charge is 2.24. The second-order valence-corrected chi connectivity index (χ2v) is 10.7. The minimum Gasteiger partial charge on any atom is -0.207 e. The maximum absolute atomic E-state index is 13.0. The fourth-order valence-corrected chi connectivity index (χ4v) is 6.15. The molecule has 0 spiro atoms. The van der Waals surface area contributed by atoms with Gasteiger partial charge in [0, 0.05) is 0 Å². The summed E-state index contributed by atoms with van der Waals surface area (Å²) in [6, 6.07) is 7.13. The predicted molar refractivity (Wildman–Crippen MR) is 128 cm³/mol. The first-order valence-electron chi connectivity index (χ1n) is 13.5. The topological polar surface area (TPSA) is 0 Å². The first-order chi connectivity index (χ1) is 14.7. The lowest BCUT2D eigenvalue weighted by molar-refractivity contribution is 0.208. The highest BCUT2D eigenvalue weighted by molar-refractivity contribution is 5.16. The van der Waals surface area contributed by atoms with Crippen LogP contribution in [0.3, 0.4) is 0 Å². The van der Waals surface area contributed by atoms with Crippen LogP contribution in [0.4, 0.5) is 4.39 Å². The lowest BCUT2D eigenvalue weighted by Crippen LogP contribution is -2.18. The molecular formula is C29H47F. The first kappa shape index (κ1) is 23.8. The van der Waals surface area contributed by atoms with E-state index in [9.17, 15) is 4.39 Å². The number of rotatable bonds is 12. The van der Waals surface area contributed by atoms with E-state index in [0.717, 1.165) is 30.1 Å². The zero-order valence-electron chi connectivity index (χ0n) is 19.7. The van der Waals surface area contributed by atoms with Gasteiger partial charge in [-0.1, -0.05) is 122 Å². The smallest absolute Gasteiger partial charge is 0.123 e. The molecule has 0 bridgehead atoms. The average molecular weight is 415 g/mol. The fraction of sp³-hybridized carbons (Fsp3) is 0.793. The van der Waals surface area contributed by atoms with Gasteiger partial charge >= 0.3 is 0 Å². The molecule has 0 amide bonds. The molecule has 170 valence electrons. The number of hydrogen-bond acceptors (Lipinski definition) is 0. The van der Waals surface area contributed by atoms with Gasteiger partial charge in [0.15, 0.2) is 0 Å². The summed E-state index contributed by atoms with van der Waals surface area (Å²) in [5, 5.41) is 0. The Morgan fingerprint density at radius 3 is 1.60 bits per heavy atom. The molecule has 0 nitrogen and oxygen atoms in total. The van der Waals surface area contributed by atoms with Gasteiger partial charge in [0.2, 0.25) is 0 Å². The van der Waals surface area contributed by atoms with Crippen molar-refractivity contribution in [3.8, 4) is 0 Å². The first-order valence-corrected chi connectivity index (χ1v) is 13.5. The largest absolute Gasteiger partial charge is 0.207 e. The quantitative estimate of drug-likeness (QED) is 0.299. The van der Waals surface area contributed by atoms with Crippen LogP contribution in [0.5, 0.6) is 0 Å². The standard InChI is InChI=1S/C29H47F/c1-2-3-4-5-6-7-24-8-10-25(11-9-24)12-13-26-14-16-27(17-15-26)18-19-28-20-22-29(30)23-21-28/h20-27H,2-19H2,1H3. The van der Waals surface area contributed by atoms with Gasteiger partial charge in [-0.25, -0.2) is 4.39 Å². The van der Waals surface area contributed by atoms with Gasteiger partial charge in [-0.3, -0.25) is 0 Å². The van der Waals surface area contributed by atoms with Crippen LogP contribution >= 0.6 is 0 Å². The molecule has 30 heavy (non-hydrogen) atoms. The maximum Gasteiger partial charge on any atom is 0.123 e. The van der Waals surface area contributed by atoms with E-state index in [4.69, 9.17) is 0 Å². The second kappa shape index (κ2) is 13.5. The van der Waals surface area contributed by atoms with Crippen molar-refractivity contribution >= 4 is 0 Å². The van der Waals surface area contributed by atoms with Crippen molar-refractivity contribution in [1.82, 2.24) is 0 Å². The van der Waals surface area contributed by atoms with Crippen LogP contribution < -0.4 is 0 Å². The molecule has 0 N–H and O–H groups in total. The molecule has 2 aliphatic carbocycles. The highest BCUT2D eigenvalue weighted by atomic mass is 19.1. The molecule has 0 radical (unpaired) electrons. The summed E-state index contributed by atoms with van der Waals surface area (Å²) in [7, 11) is 0. The molecule has 1 aromatic carbocycles. The summed E-state index contributed by atoms with van der Waals surface area (Å²) in [4.78, 5) is 0. The summed E-state index contributed by atoms with van der Waals surface area (Å²) in [5.41, 5.74) is 1.30. The highest BCUT2D eigenvalue weighted by Crippen LogP contribution is 2.38. The summed E-state index contributed by atoms with van der Waals surface area (Å²) in [6.45, 7) is 2.31. The Labute approximate surface area is 186 Å². The number of halogens is 1. The molecule has 0 aromatic heterocycles. The SMILES string of the molecule is CCCCCCCC1CCC(CCC2CCC(CCc3ccc(F)cc3)CC2)CC1. The summed E-state index contributed by atoms with van der Waals surface area (Å²) < 4.78 is 13.0. The number of unbranched alkanes of at least 4 members (excludes halogenated alkanes) is 4. The van der Waals surface area contributed by atoms with E-state index in [2.05, 4.69) is 6.92 Å². The normalized spacial score (nSPS) is 27.3. The van der Waals surface area contributed by atoms with Crippen LogP contribution in [0.1, 0.15) is 122 Å². The zero-order valence-corrected chi connectivity index (χ0v) is 19.7. The number of benzene rings is 1. The van der Waals surface area contributed by atoms with E-state index >= 15 is 0 Å². The second-order valence-electron chi connectivity index (χ2n) is 10.7. The van der Waals surface area contributed by atoms with Gasteiger partial charge in [-0.05, 0) is 54.2 Å². The third-order valence-corrected chi connectivity index (χ3v) is 8.39. The van der Waals surface area contributed by atoms with Crippen LogP contribution in [0.15, 0.2) is 24.3 Å². The molecule has 0 atom stereocenters. The molecule has 1 heteroatoms. The molecule has 0 saturated heterocycles. The Hall–Kier alpha value is -0.850.